The first-order chi connectivity index (χ1) is 25.2. The Labute approximate surface area is 306 Å². The molecule has 2 unspecified atom stereocenters. The number of anilines is 4. The predicted molar refractivity (Wildman–Crippen MR) is 184 cm³/mol. The number of rotatable bonds is 13. The monoisotopic (exact) mass is 772 g/mol. The molecule has 19 heteroatoms. The summed E-state index contributed by atoms with van der Waals surface area (Å²) in [5, 5.41) is 9.56. The number of ether oxygens (including phenoxy) is 1. The second kappa shape index (κ2) is 16.7. The highest BCUT2D eigenvalue weighted by atomic mass is 35.5. The van der Waals surface area contributed by atoms with Gasteiger partial charge in [0, 0.05) is 38.8 Å². The van der Waals surface area contributed by atoms with E-state index in [1.54, 1.807) is 6.92 Å². The number of alkyl halides is 6. The average Bonchev–Trinajstić information content (AvgIpc) is 3.56. The molecule has 12 nitrogen and oxygen atoms in total. The van der Waals surface area contributed by atoms with Gasteiger partial charge in [-0.2, -0.15) is 31.3 Å². The van der Waals surface area contributed by atoms with Crippen LogP contribution in [0.3, 0.4) is 0 Å². The van der Waals surface area contributed by atoms with Crippen molar-refractivity contribution >= 4 is 47.4 Å². The molecule has 1 aromatic carbocycles. The van der Waals surface area contributed by atoms with Gasteiger partial charge in [-0.25, -0.2) is 15.0 Å². The quantitative estimate of drug-likeness (QED) is 0.130. The molecule has 4 heterocycles. The molecule has 1 N–H and O–H groups in total. The van der Waals surface area contributed by atoms with Gasteiger partial charge in [0.05, 0.1) is 60.6 Å². The Bertz CT molecular complexity index is 1690. The largest absolute Gasteiger partial charge is 0.466 e. The van der Waals surface area contributed by atoms with Crippen molar-refractivity contribution in [3.05, 3.63) is 58.5 Å². The SMILES string of the molecule is CCOC(=O)C1CCN(c2ncc(Cl)c(N3CC(N(Cc4cc(C(F)(F)F)cc(C(F)(F)F)c4)c4ncc(N(C=O)CCO)cn4)CC3CC)n2)CC1. The number of halogens is 7. The highest BCUT2D eigenvalue weighted by molar-refractivity contribution is 6.32. The van der Waals surface area contributed by atoms with E-state index < -0.39 is 36.1 Å². The first-order valence-corrected chi connectivity index (χ1v) is 17.4. The summed E-state index contributed by atoms with van der Waals surface area (Å²) in [5.41, 5.74) is -2.94. The number of aliphatic hydroxyl groups is 1. The summed E-state index contributed by atoms with van der Waals surface area (Å²) in [7, 11) is 0. The first kappa shape index (κ1) is 39.8. The van der Waals surface area contributed by atoms with Crippen LogP contribution in [0.5, 0.6) is 0 Å². The zero-order valence-corrected chi connectivity index (χ0v) is 29.7. The van der Waals surface area contributed by atoms with Crippen molar-refractivity contribution in [1.29, 1.82) is 0 Å². The van der Waals surface area contributed by atoms with Crippen molar-refractivity contribution in [2.75, 3.05) is 59.0 Å². The fraction of sp³-hybridized carbons (Fsp3) is 0.529. The molecule has 3 aromatic rings. The molecule has 0 bridgehead atoms. The lowest BCUT2D eigenvalue weighted by molar-refractivity contribution is -0.148. The molecule has 2 fully saturated rings. The van der Waals surface area contributed by atoms with Crippen molar-refractivity contribution in [1.82, 2.24) is 19.9 Å². The lowest BCUT2D eigenvalue weighted by Crippen LogP contribution is -2.39. The van der Waals surface area contributed by atoms with E-state index in [4.69, 9.17) is 21.3 Å². The lowest BCUT2D eigenvalue weighted by Gasteiger charge is -2.32. The first-order valence-electron chi connectivity index (χ1n) is 17.1. The summed E-state index contributed by atoms with van der Waals surface area (Å²) in [4.78, 5) is 48.3. The maximum atomic E-state index is 13.8. The van der Waals surface area contributed by atoms with Crippen LogP contribution in [0.2, 0.25) is 5.02 Å². The van der Waals surface area contributed by atoms with E-state index in [0.717, 1.165) is 4.90 Å². The van der Waals surface area contributed by atoms with E-state index in [1.807, 2.05) is 16.7 Å². The third-order valence-corrected chi connectivity index (χ3v) is 9.64. The number of hydrogen-bond donors (Lipinski definition) is 1. The Morgan fingerprint density at radius 3 is 2.21 bits per heavy atom. The van der Waals surface area contributed by atoms with Crippen LogP contribution in [0.25, 0.3) is 0 Å². The second-order valence-corrected chi connectivity index (χ2v) is 13.2. The van der Waals surface area contributed by atoms with Gasteiger partial charge >= 0.3 is 18.3 Å². The summed E-state index contributed by atoms with van der Waals surface area (Å²) in [6.07, 6.45) is -3.50. The van der Waals surface area contributed by atoms with Crippen LogP contribution in [0.15, 0.2) is 36.8 Å². The molecule has 2 saturated heterocycles. The van der Waals surface area contributed by atoms with Gasteiger partial charge in [0.25, 0.3) is 0 Å². The van der Waals surface area contributed by atoms with Crippen molar-refractivity contribution < 1.29 is 45.8 Å². The van der Waals surface area contributed by atoms with Gasteiger partial charge in [0.1, 0.15) is 5.02 Å². The number of esters is 1. The minimum Gasteiger partial charge on any atom is -0.466 e. The Kier molecular flexibility index (Phi) is 12.5. The summed E-state index contributed by atoms with van der Waals surface area (Å²) in [6, 6.07) is 0.666. The molecule has 0 spiro atoms. The van der Waals surface area contributed by atoms with Crippen LogP contribution in [0, 0.1) is 5.92 Å². The molecule has 2 aromatic heterocycles. The van der Waals surface area contributed by atoms with Crippen molar-refractivity contribution in [3.8, 4) is 0 Å². The molecule has 1 amide bonds. The van der Waals surface area contributed by atoms with Crippen molar-refractivity contribution in [2.45, 2.75) is 70.5 Å². The molecule has 2 atom stereocenters. The van der Waals surface area contributed by atoms with E-state index in [0.29, 0.717) is 75.7 Å². The normalized spacial score (nSPS) is 18.3. The van der Waals surface area contributed by atoms with Gasteiger partial charge < -0.3 is 29.4 Å². The zero-order chi connectivity index (χ0) is 38.5. The molecule has 53 heavy (non-hydrogen) atoms. The maximum Gasteiger partial charge on any atom is 0.416 e. The van der Waals surface area contributed by atoms with Gasteiger partial charge in [-0.15, -0.1) is 0 Å². The van der Waals surface area contributed by atoms with Crippen LogP contribution in [0.4, 0.5) is 49.7 Å². The van der Waals surface area contributed by atoms with E-state index >= 15 is 0 Å². The van der Waals surface area contributed by atoms with Crippen LogP contribution < -0.4 is 19.6 Å². The molecule has 0 radical (unpaired) electrons. The summed E-state index contributed by atoms with van der Waals surface area (Å²) in [6.45, 7) is 4.36. The third-order valence-electron chi connectivity index (χ3n) is 9.37. The average molecular weight is 773 g/mol. The fourth-order valence-electron chi connectivity index (χ4n) is 6.67. The standard InChI is InChI=1S/C34H39ClF6N8O4/c1-3-25-14-26(19-48(25)29-28(35)17-44-32(45-29)46-7-5-22(6-8-46)30(52)53-4-2)49(31-42-15-27(16-43-31)47(20-51)9-10-50)18-21-11-23(33(36,37)38)13-24(12-21)34(39,40)41/h11-13,15-17,20,22,25-26,50H,3-10,14,18-19H2,1-2H3. The van der Waals surface area contributed by atoms with Gasteiger partial charge in [-0.05, 0) is 56.4 Å². The molecular weight excluding hydrogens is 734 g/mol. The van der Waals surface area contributed by atoms with Gasteiger partial charge in [0.2, 0.25) is 18.3 Å². The van der Waals surface area contributed by atoms with Crippen LogP contribution in [-0.2, 0) is 33.2 Å². The van der Waals surface area contributed by atoms with E-state index in [9.17, 15) is 41.0 Å². The molecule has 5 rings (SSSR count). The smallest absolute Gasteiger partial charge is 0.416 e. The zero-order valence-electron chi connectivity index (χ0n) is 28.9. The van der Waals surface area contributed by atoms with Gasteiger partial charge in [-0.1, -0.05) is 18.5 Å². The Balaban J connectivity index is 1.48. The molecular formula is C34H39ClF6N8O4. The number of carbonyl (C=O) groups is 2. The Morgan fingerprint density at radius 1 is 1.02 bits per heavy atom. The minimum absolute atomic E-state index is 0.00443. The lowest BCUT2D eigenvalue weighted by atomic mass is 9.97. The Hall–Kier alpha value is -4.45. The highest BCUT2D eigenvalue weighted by Gasteiger charge is 2.40. The van der Waals surface area contributed by atoms with Crippen molar-refractivity contribution in [3.63, 3.8) is 0 Å². The molecule has 0 saturated carbocycles. The van der Waals surface area contributed by atoms with Gasteiger partial charge in [0.15, 0.2) is 5.82 Å². The number of aromatic nitrogens is 4. The number of carbonyl (C=O) groups excluding carboxylic acids is 2. The number of hydrogen-bond acceptors (Lipinski definition) is 11. The summed E-state index contributed by atoms with van der Waals surface area (Å²) in [5.74, 6) is 0.318. The summed E-state index contributed by atoms with van der Waals surface area (Å²) < 4.78 is 88.1. The van der Waals surface area contributed by atoms with E-state index in [2.05, 4.69) is 15.0 Å². The minimum atomic E-state index is -5.04. The molecule has 2 aliphatic heterocycles. The number of amides is 1. The van der Waals surface area contributed by atoms with E-state index in [-0.39, 0.29) is 65.9 Å². The number of nitrogens with zero attached hydrogens (tertiary/aromatic N) is 8. The number of benzene rings is 1. The maximum absolute atomic E-state index is 13.8. The van der Waals surface area contributed by atoms with Gasteiger partial charge in [-0.3, -0.25) is 9.59 Å². The van der Waals surface area contributed by atoms with Crippen LogP contribution >= 0.6 is 11.6 Å². The Morgan fingerprint density at radius 2 is 1.66 bits per heavy atom. The number of aliphatic hydroxyl groups excluding tert-OH is 1. The number of piperidine rings is 1. The van der Waals surface area contributed by atoms with Crippen LogP contribution in [0.1, 0.15) is 56.2 Å². The molecule has 0 aliphatic carbocycles. The molecule has 288 valence electrons. The van der Waals surface area contributed by atoms with Crippen molar-refractivity contribution in [2.24, 2.45) is 5.92 Å². The van der Waals surface area contributed by atoms with Crippen LogP contribution in [-0.4, -0.2) is 88.9 Å². The molecule has 2 aliphatic rings. The third kappa shape index (κ3) is 9.38. The second-order valence-electron chi connectivity index (χ2n) is 12.8. The topological polar surface area (TPSA) is 128 Å². The summed E-state index contributed by atoms with van der Waals surface area (Å²) >= 11 is 6.67. The van der Waals surface area contributed by atoms with E-state index in [1.165, 1.54) is 23.5 Å². The fourth-order valence-corrected chi connectivity index (χ4v) is 6.87. The highest BCUT2D eigenvalue weighted by Crippen LogP contribution is 2.39. The predicted octanol–water partition coefficient (Wildman–Crippen LogP) is 5.76.